The van der Waals surface area contributed by atoms with E-state index in [4.69, 9.17) is 9.47 Å². The van der Waals surface area contributed by atoms with Gasteiger partial charge in [0.25, 0.3) is 0 Å². The van der Waals surface area contributed by atoms with Crippen molar-refractivity contribution in [2.24, 2.45) is 7.05 Å². The fourth-order valence-corrected chi connectivity index (χ4v) is 5.71. The van der Waals surface area contributed by atoms with Crippen LogP contribution in [0.3, 0.4) is 0 Å². The number of hydrogen-bond acceptors (Lipinski definition) is 9. The highest BCUT2D eigenvalue weighted by molar-refractivity contribution is 7.86. The van der Waals surface area contributed by atoms with E-state index < -0.39 is 11.0 Å². The van der Waals surface area contributed by atoms with Crippen molar-refractivity contribution in [2.45, 2.75) is 4.90 Å². The number of anilines is 2. The Morgan fingerprint density at radius 3 is 2.56 bits per heavy atom. The Kier molecular flexibility index (Phi) is 7.16. The zero-order chi connectivity index (χ0) is 25.1. The van der Waals surface area contributed by atoms with Crippen molar-refractivity contribution in [2.75, 3.05) is 50.0 Å². The standard InChI is InChI=1S/C24H27N7O3S2/c1-30-15-19(14-27-30)36(32)29-21-9-16(10-22(33-2)24(21)34-3)17-8-18(13-26-12-17)20-11-23(35-28-20)31-6-4-25-5-7-31/h8-15,25,29H,4-7H2,1-3H3. The fraction of sp³-hybridized carbons (Fsp3) is 0.292. The normalized spacial score (nSPS) is 14.5. The molecular weight excluding hydrogens is 498 g/mol. The van der Waals surface area contributed by atoms with Crippen LogP contribution in [0.15, 0.2) is 53.9 Å². The van der Waals surface area contributed by atoms with Gasteiger partial charge in [0.1, 0.15) is 5.00 Å². The van der Waals surface area contributed by atoms with E-state index in [1.165, 1.54) is 11.5 Å². The summed E-state index contributed by atoms with van der Waals surface area (Å²) in [5, 5.41) is 8.64. The molecule has 0 spiro atoms. The van der Waals surface area contributed by atoms with E-state index >= 15 is 0 Å². The summed E-state index contributed by atoms with van der Waals surface area (Å²) in [6, 6.07) is 7.93. The van der Waals surface area contributed by atoms with Crippen molar-refractivity contribution in [3.63, 3.8) is 0 Å². The highest BCUT2D eigenvalue weighted by atomic mass is 32.2. The van der Waals surface area contributed by atoms with Crippen LogP contribution in [0.25, 0.3) is 22.4 Å². The highest BCUT2D eigenvalue weighted by Crippen LogP contribution is 2.41. The number of hydrogen-bond donors (Lipinski definition) is 2. The third-order valence-corrected chi connectivity index (χ3v) is 7.77. The Morgan fingerprint density at radius 1 is 1.03 bits per heavy atom. The molecule has 3 aromatic heterocycles. The van der Waals surface area contributed by atoms with Crippen LogP contribution in [0.1, 0.15) is 0 Å². The third-order valence-electron chi connectivity index (χ3n) is 5.87. The Hall–Kier alpha value is -3.48. The molecule has 0 radical (unpaired) electrons. The van der Waals surface area contributed by atoms with Crippen molar-refractivity contribution < 1.29 is 13.7 Å². The minimum absolute atomic E-state index is 0.461. The lowest BCUT2D eigenvalue weighted by Crippen LogP contribution is -2.43. The summed E-state index contributed by atoms with van der Waals surface area (Å²) in [6.45, 7) is 3.90. The maximum absolute atomic E-state index is 12.9. The zero-order valence-electron chi connectivity index (χ0n) is 20.2. The highest BCUT2D eigenvalue weighted by Gasteiger charge is 2.18. The Bertz CT molecular complexity index is 1380. The van der Waals surface area contributed by atoms with Gasteiger partial charge in [0.05, 0.1) is 36.7 Å². The van der Waals surface area contributed by atoms with Gasteiger partial charge in [0, 0.05) is 69.0 Å². The number of aromatic nitrogens is 4. The number of nitrogens with zero attached hydrogens (tertiary/aromatic N) is 5. The van der Waals surface area contributed by atoms with Gasteiger partial charge in [0.2, 0.25) is 0 Å². The molecule has 188 valence electrons. The molecule has 36 heavy (non-hydrogen) atoms. The fourth-order valence-electron chi connectivity index (χ4n) is 4.03. The van der Waals surface area contributed by atoms with Gasteiger partial charge in [-0.05, 0) is 35.3 Å². The van der Waals surface area contributed by atoms with Gasteiger partial charge in [-0.3, -0.25) is 14.4 Å². The van der Waals surface area contributed by atoms with E-state index in [0.717, 1.165) is 53.6 Å². The summed E-state index contributed by atoms with van der Waals surface area (Å²) < 4.78 is 33.4. The quantitative estimate of drug-likeness (QED) is 0.361. The van der Waals surface area contributed by atoms with Gasteiger partial charge in [-0.1, -0.05) is 0 Å². The molecule has 5 rings (SSSR count). The molecule has 0 amide bonds. The molecule has 1 saturated heterocycles. The summed E-state index contributed by atoms with van der Waals surface area (Å²) >= 11 is 1.51. The predicted octanol–water partition coefficient (Wildman–Crippen LogP) is 3.17. The molecule has 0 aliphatic carbocycles. The second-order valence-corrected chi connectivity index (χ2v) is 10.2. The Labute approximate surface area is 216 Å². The molecule has 1 aliphatic heterocycles. The lowest BCUT2D eigenvalue weighted by Gasteiger charge is -2.27. The van der Waals surface area contributed by atoms with Crippen LogP contribution in [-0.4, -0.2) is 63.7 Å². The molecule has 1 aromatic carbocycles. The number of pyridine rings is 1. The number of rotatable bonds is 8. The number of benzene rings is 1. The molecule has 1 atom stereocenters. The molecule has 2 N–H and O–H groups in total. The molecule has 4 heterocycles. The molecule has 4 aromatic rings. The van der Waals surface area contributed by atoms with Crippen molar-refractivity contribution in [1.82, 2.24) is 24.5 Å². The number of methoxy groups -OCH3 is 2. The van der Waals surface area contributed by atoms with Gasteiger partial charge in [0.15, 0.2) is 22.5 Å². The van der Waals surface area contributed by atoms with Gasteiger partial charge in [-0.15, -0.1) is 0 Å². The smallest absolute Gasteiger partial charge is 0.184 e. The lowest BCUT2D eigenvalue weighted by molar-refractivity contribution is 0.356. The van der Waals surface area contributed by atoms with E-state index in [-0.39, 0.29) is 0 Å². The van der Waals surface area contributed by atoms with Crippen LogP contribution >= 0.6 is 11.5 Å². The summed E-state index contributed by atoms with van der Waals surface area (Å²) in [4.78, 5) is 7.38. The monoisotopic (exact) mass is 525 g/mol. The Balaban J connectivity index is 1.47. The first-order valence-electron chi connectivity index (χ1n) is 11.4. The maximum atomic E-state index is 12.9. The van der Waals surface area contributed by atoms with E-state index in [1.807, 2.05) is 24.4 Å². The van der Waals surface area contributed by atoms with Gasteiger partial charge >= 0.3 is 0 Å². The summed E-state index contributed by atoms with van der Waals surface area (Å²) in [5.41, 5.74) is 4.06. The maximum Gasteiger partial charge on any atom is 0.184 e. The van der Waals surface area contributed by atoms with Crippen molar-refractivity contribution in [3.05, 3.63) is 49.1 Å². The molecule has 1 aliphatic rings. The van der Waals surface area contributed by atoms with Crippen LogP contribution in [0.2, 0.25) is 0 Å². The first kappa shape index (κ1) is 24.2. The van der Waals surface area contributed by atoms with Crippen molar-refractivity contribution in [1.29, 1.82) is 0 Å². The van der Waals surface area contributed by atoms with E-state index in [0.29, 0.717) is 22.1 Å². The summed E-state index contributed by atoms with van der Waals surface area (Å²) in [5.74, 6) is 0.975. The average molecular weight is 526 g/mol. The van der Waals surface area contributed by atoms with Crippen LogP contribution < -0.4 is 24.4 Å². The van der Waals surface area contributed by atoms with Crippen LogP contribution in [-0.2, 0) is 18.0 Å². The van der Waals surface area contributed by atoms with Crippen LogP contribution in [0.4, 0.5) is 10.7 Å². The van der Waals surface area contributed by atoms with Crippen molar-refractivity contribution >= 4 is 33.2 Å². The second kappa shape index (κ2) is 10.6. The van der Waals surface area contributed by atoms with E-state index in [9.17, 15) is 4.21 Å². The molecule has 1 unspecified atom stereocenters. The molecule has 1 fully saturated rings. The molecular formula is C24H27N7O3S2. The van der Waals surface area contributed by atoms with Crippen molar-refractivity contribution in [3.8, 4) is 33.9 Å². The number of piperazine rings is 1. The Morgan fingerprint density at radius 2 is 1.83 bits per heavy atom. The number of ether oxygens (including phenoxy) is 2. The van der Waals surface area contributed by atoms with E-state index in [2.05, 4.69) is 35.5 Å². The average Bonchev–Trinajstić information content (AvgIpc) is 3.58. The second-order valence-electron chi connectivity index (χ2n) is 8.23. The van der Waals surface area contributed by atoms with Crippen LogP contribution in [0.5, 0.6) is 11.5 Å². The minimum atomic E-state index is -1.54. The summed E-state index contributed by atoms with van der Waals surface area (Å²) in [7, 11) is 3.37. The lowest BCUT2D eigenvalue weighted by atomic mass is 10.0. The zero-order valence-corrected chi connectivity index (χ0v) is 21.9. The minimum Gasteiger partial charge on any atom is -0.493 e. The predicted molar refractivity (Wildman–Crippen MR) is 142 cm³/mol. The molecule has 0 bridgehead atoms. The molecule has 10 nitrogen and oxygen atoms in total. The topological polar surface area (TPSA) is 106 Å². The van der Waals surface area contributed by atoms with Crippen LogP contribution in [0, 0.1) is 0 Å². The number of aryl methyl sites for hydroxylation is 1. The largest absolute Gasteiger partial charge is 0.493 e. The molecule has 0 saturated carbocycles. The third kappa shape index (κ3) is 5.06. The van der Waals surface area contributed by atoms with Gasteiger partial charge in [-0.2, -0.15) is 9.47 Å². The molecule has 12 heteroatoms. The number of nitrogens with one attached hydrogen (secondary N) is 2. The summed E-state index contributed by atoms with van der Waals surface area (Å²) in [6.07, 6.45) is 6.87. The SMILES string of the molecule is COc1cc(-c2cncc(-c3cc(N4CCNCC4)sn3)c2)cc(NS(=O)c2cnn(C)c2)c1OC. The van der Waals surface area contributed by atoms with E-state index in [1.54, 1.807) is 44.5 Å². The first-order chi connectivity index (χ1) is 17.6. The van der Waals surface area contributed by atoms with Gasteiger partial charge in [-0.25, -0.2) is 4.21 Å². The first-order valence-corrected chi connectivity index (χ1v) is 13.3. The van der Waals surface area contributed by atoms with Gasteiger partial charge < -0.3 is 19.7 Å².